The van der Waals surface area contributed by atoms with Gasteiger partial charge in [0.05, 0.1) is 5.69 Å². The molecule has 0 spiro atoms. The number of para-hydroxylation sites is 1. The molecular weight excluding hydrogens is 348 g/mol. The molecule has 1 heterocycles. The van der Waals surface area contributed by atoms with Gasteiger partial charge in [0.2, 0.25) is 0 Å². The van der Waals surface area contributed by atoms with Gasteiger partial charge in [0.25, 0.3) is 5.91 Å². The third-order valence-corrected chi connectivity index (χ3v) is 4.19. The molecule has 0 aliphatic rings. The smallest absolute Gasteiger partial charge is 0.293 e. The molecule has 1 aromatic heterocycles. The molecule has 134 valence electrons. The van der Waals surface area contributed by atoms with E-state index in [0.717, 1.165) is 10.9 Å². The van der Waals surface area contributed by atoms with Crippen LogP contribution in [-0.4, -0.2) is 16.1 Å². The molecule has 0 saturated heterocycles. The van der Waals surface area contributed by atoms with Gasteiger partial charge in [-0.05, 0) is 47.5 Å². The fourth-order valence-electron chi connectivity index (χ4n) is 2.51. The van der Waals surface area contributed by atoms with E-state index in [1.165, 1.54) is 0 Å². The van der Waals surface area contributed by atoms with E-state index in [9.17, 15) is 9.90 Å². The summed E-state index contributed by atoms with van der Waals surface area (Å²) in [7, 11) is 0. The standard InChI is InChI=1S/C20H20N2O3S/c1-20(2,3)13-8-9-15(23)14(11-13)21-19(26)22-18(24)17-10-12-6-4-5-7-16(12)25-17/h4-11,23H,1-3H3,(H2,21,22,24,26). The molecule has 3 aromatic rings. The summed E-state index contributed by atoms with van der Waals surface area (Å²) in [5.74, 6) is -0.230. The number of thiocarbonyl (C=S) groups is 1. The summed E-state index contributed by atoms with van der Waals surface area (Å²) >= 11 is 5.19. The van der Waals surface area contributed by atoms with Gasteiger partial charge in [-0.15, -0.1) is 0 Å². The van der Waals surface area contributed by atoms with Crippen LogP contribution in [0.3, 0.4) is 0 Å². The number of hydrogen-bond acceptors (Lipinski definition) is 4. The van der Waals surface area contributed by atoms with Gasteiger partial charge in [-0.25, -0.2) is 0 Å². The number of amides is 1. The van der Waals surface area contributed by atoms with Gasteiger partial charge >= 0.3 is 0 Å². The Morgan fingerprint density at radius 3 is 2.54 bits per heavy atom. The first-order valence-corrected chi connectivity index (χ1v) is 8.59. The molecule has 3 rings (SSSR count). The zero-order valence-electron chi connectivity index (χ0n) is 14.8. The van der Waals surface area contributed by atoms with E-state index in [2.05, 4.69) is 31.4 Å². The van der Waals surface area contributed by atoms with Gasteiger partial charge in [0, 0.05) is 5.39 Å². The molecule has 0 bridgehead atoms. The average Bonchev–Trinajstić information content (AvgIpc) is 3.00. The van der Waals surface area contributed by atoms with Crippen molar-refractivity contribution in [2.45, 2.75) is 26.2 Å². The van der Waals surface area contributed by atoms with Gasteiger partial charge in [-0.1, -0.05) is 45.0 Å². The van der Waals surface area contributed by atoms with Crippen LogP contribution in [0.25, 0.3) is 11.0 Å². The Kier molecular flexibility index (Phi) is 4.70. The highest BCUT2D eigenvalue weighted by molar-refractivity contribution is 7.80. The van der Waals surface area contributed by atoms with Crippen LogP contribution in [0.1, 0.15) is 36.9 Å². The third-order valence-electron chi connectivity index (χ3n) is 3.99. The van der Waals surface area contributed by atoms with Crippen molar-refractivity contribution in [2.24, 2.45) is 0 Å². The summed E-state index contributed by atoms with van der Waals surface area (Å²) < 4.78 is 5.52. The molecule has 0 radical (unpaired) electrons. The number of phenols is 1. The van der Waals surface area contributed by atoms with Gasteiger partial charge in [0.1, 0.15) is 11.3 Å². The van der Waals surface area contributed by atoms with Crippen LogP contribution in [0, 0.1) is 0 Å². The van der Waals surface area contributed by atoms with Crippen molar-refractivity contribution in [2.75, 3.05) is 5.32 Å². The minimum Gasteiger partial charge on any atom is -0.506 e. The highest BCUT2D eigenvalue weighted by Crippen LogP contribution is 2.30. The number of anilines is 1. The Morgan fingerprint density at radius 2 is 1.85 bits per heavy atom. The molecule has 26 heavy (non-hydrogen) atoms. The van der Waals surface area contributed by atoms with Crippen LogP contribution in [0.2, 0.25) is 0 Å². The normalized spacial score (nSPS) is 11.3. The number of furan rings is 1. The first-order valence-electron chi connectivity index (χ1n) is 8.18. The number of carbonyl (C=O) groups is 1. The lowest BCUT2D eigenvalue weighted by molar-refractivity contribution is 0.0953. The number of nitrogens with one attached hydrogen (secondary N) is 2. The second kappa shape index (κ2) is 6.80. The first-order chi connectivity index (χ1) is 12.2. The number of benzene rings is 2. The number of fused-ring (bicyclic) bond motifs is 1. The number of hydrogen-bond donors (Lipinski definition) is 3. The molecular formula is C20H20N2O3S. The molecule has 0 saturated carbocycles. The lowest BCUT2D eigenvalue weighted by Gasteiger charge is -2.20. The van der Waals surface area contributed by atoms with E-state index in [4.69, 9.17) is 16.6 Å². The van der Waals surface area contributed by atoms with E-state index < -0.39 is 5.91 Å². The van der Waals surface area contributed by atoms with Crippen molar-refractivity contribution in [3.63, 3.8) is 0 Å². The second-order valence-electron chi connectivity index (χ2n) is 7.04. The zero-order valence-corrected chi connectivity index (χ0v) is 15.6. The molecule has 0 unspecified atom stereocenters. The minimum atomic E-state index is -0.454. The molecule has 3 N–H and O–H groups in total. The predicted molar refractivity (Wildman–Crippen MR) is 107 cm³/mol. The summed E-state index contributed by atoms with van der Waals surface area (Å²) in [6.07, 6.45) is 0. The van der Waals surface area contributed by atoms with E-state index in [0.29, 0.717) is 11.3 Å². The first kappa shape index (κ1) is 17.9. The summed E-state index contributed by atoms with van der Waals surface area (Å²) in [6, 6.07) is 14.3. The average molecular weight is 368 g/mol. The molecule has 6 heteroatoms. The number of carbonyl (C=O) groups excluding carboxylic acids is 1. The number of aromatic hydroxyl groups is 1. The molecule has 0 atom stereocenters. The van der Waals surface area contributed by atoms with Crippen LogP contribution in [-0.2, 0) is 5.41 Å². The Hall–Kier alpha value is -2.86. The fourth-order valence-corrected chi connectivity index (χ4v) is 2.72. The minimum absolute atomic E-state index is 0.0540. The van der Waals surface area contributed by atoms with Crippen molar-refractivity contribution in [3.05, 3.63) is 59.9 Å². The van der Waals surface area contributed by atoms with Gasteiger partial charge < -0.3 is 14.8 Å². The van der Waals surface area contributed by atoms with Gasteiger partial charge in [0.15, 0.2) is 10.9 Å². The maximum Gasteiger partial charge on any atom is 0.293 e. The number of rotatable bonds is 2. The quantitative estimate of drug-likeness (QED) is 0.457. The van der Waals surface area contributed by atoms with Crippen molar-refractivity contribution in [3.8, 4) is 5.75 Å². The molecule has 0 aliphatic carbocycles. The maximum absolute atomic E-state index is 12.3. The molecule has 0 fully saturated rings. The second-order valence-corrected chi connectivity index (χ2v) is 7.45. The maximum atomic E-state index is 12.3. The summed E-state index contributed by atoms with van der Waals surface area (Å²) in [6.45, 7) is 6.22. The number of phenolic OH excluding ortho intramolecular Hbond substituents is 1. The zero-order chi connectivity index (χ0) is 18.9. The topological polar surface area (TPSA) is 74.5 Å². The van der Waals surface area contributed by atoms with Crippen LogP contribution in [0.4, 0.5) is 5.69 Å². The van der Waals surface area contributed by atoms with Crippen molar-refractivity contribution in [1.82, 2.24) is 5.32 Å². The highest BCUT2D eigenvalue weighted by atomic mass is 32.1. The Morgan fingerprint density at radius 1 is 1.12 bits per heavy atom. The fraction of sp³-hybridized carbons (Fsp3) is 0.200. The van der Waals surface area contributed by atoms with E-state index in [1.54, 1.807) is 18.2 Å². The highest BCUT2D eigenvalue weighted by Gasteiger charge is 2.17. The van der Waals surface area contributed by atoms with Crippen LogP contribution in [0.15, 0.2) is 52.9 Å². The Labute approximate surface area is 157 Å². The third kappa shape index (κ3) is 3.86. The summed E-state index contributed by atoms with van der Waals surface area (Å²) in [5, 5.41) is 16.4. The lowest BCUT2D eigenvalue weighted by atomic mass is 9.87. The van der Waals surface area contributed by atoms with E-state index in [-0.39, 0.29) is 22.0 Å². The van der Waals surface area contributed by atoms with Crippen molar-refractivity contribution < 1.29 is 14.3 Å². The molecule has 1 amide bonds. The monoisotopic (exact) mass is 368 g/mol. The van der Waals surface area contributed by atoms with Crippen LogP contribution >= 0.6 is 12.2 Å². The Balaban J connectivity index is 1.73. The lowest BCUT2D eigenvalue weighted by Crippen LogP contribution is -2.34. The van der Waals surface area contributed by atoms with Crippen LogP contribution < -0.4 is 10.6 Å². The van der Waals surface area contributed by atoms with Gasteiger partial charge in [-0.2, -0.15) is 0 Å². The van der Waals surface area contributed by atoms with Crippen molar-refractivity contribution >= 4 is 39.9 Å². The predicted octanol–water partition coefficient (Wildman–Crippen LogP) is 4.56. The molecule has 5 nitrogen and oxygen atoms in total. The van der Waals surface area contributed by atoms with Gasteiger partial charge in [-0.3, -0.25) is 10.1 Å². The summed E-state index contributed by atoms with van der Waals surface area (Å²) in [5.41, 5.74) is 2.02. The van der Waals surface area contributed by atoms with Crippen molar-refractivity contribution in [1.29, 1.82) is 0 Å². The molecule has 2 aromatic carbocycles. The summed E-state index contributed by atoms with van der Waals surface area (Å²) in [4.78, 5) is 12.3. The van der Waals surface area contributed by atoms with E-state index >= 15 is 0 Å². The largest absolute Gasteiger partial charge is 0.506 e. The van der Waals surface area contributed by atoms with Crippen LogP contribution in [0.5, 0.6) is 5.75 Å². The SMILES string of the molecule is CC(C)(C)c1ccc(O)c(NC(=S)NC(=O)c2cc3ccccc3o2)c1. The Bertz CT molecular complexity index is 953. The molecule has 0 aliphatic heterocycles. The van der Waals surface area contributed by atoms with E-state index in [1.807, 2.05) is 30.3 Å².